The highest BCUT2D eigenvalue weighted by molar-refractivity contribution is 4.92. The standard InChI is InChI=1S/C11H22N2O2/c1-14-10-3-2-5-13(7-10)8-11(12)4-6-15-9-11/h10H,2-9,12H2,1H3. The van der Waals surface area contributed by atoms with E-state index >= 15 is 0 Å². The van der Waals surface area contributed by atoms with Crippen LogP contribution >= 0.6 is 0 Å². The van der Waals surface area contributed by atoms with Crippen LogP contribution in [0.25, 0.3) is 0 Å². The van der Waals surface area contributed by atoms with Crippen molar-refractivity contribution in [3.63, 3.8) is 0 Å². The van der Waals surface area contributed by atoms with Gasteiger partial charge in [0.2, 0.25) is 0 Å². The fourth-order valence-electron chi connectivity index (χ4n) is 2.54. The van der Waals surface area contributed by atoms with E-state index in [9.17, 15) is 0 Å². The van der Waals surface area contributed by atoms with Crippen molar-refractivity contribution in [1.82, 2.24) is 4.90 Å². The van der Waals surface area contributed by atoms with Gasteiger partial charge in [0, 0.05) is 26.8 Å². The number of likely N-dealkylation sites (tertiary alicyclic amines) is 1. The lowest BCUT2D eigenvalue weighted by Gasteiger charge is -2.36. The van der Waals surface area contributed by atoms with Crippen molar-refractivity contribution in [2.75, 3.05) is 40.0 Å². The van der Waals surface area contributed by atoms with Gasteiger partial charge in [-0.3, -0.25) is 4.90 Å². The van der Waals surface area contributed by atoms with E-state index in [1.165, 1.54) is 12.8 Å². The Bertz CT molecular complexity index is 205. The number of nitrogens with two attached hydrogens (primary N) is 1. The first-order valence-electron chi connectivity index (χ1n) is 5.84. The van der Waals surface area contributed by atoms with Gasteiger partial charge in [-0.2, -0.15) is 0 Å². The molecule has 2 atom stereocenters. The van der Waals surface area contributed by atoms with Gasteiger partial charge in [0.05, 0.1) is 18.2 Å². The highest BCUT2D eigenvalue weighted by atomic mass is 16.5. The lowest BCUT2D eigenvalue weighted by molar-refractivity contribution is 0.0223. The van der Waals surface area contributed by atoms with Gasteiger partial charge in [-0.25, -0.2) is 0 Å². The molecule has 2 heterocycles. The Labute approximate surface area is 91.7 Å². The molecule has 0 amide bonds. The first kappa shape index (κ1) is 11.3. The summed E-state index contributed by atoms with van der Waals surface area (Å²) < 4.78 is 10.8. The Morgan fingerprint density at radius 1 is 1.60 bits per heavy atom. The molecule has 0 aromatic carbocycles. The maximum absolute atomic E-state index is 6.27. The molecule has 4 heteroatoms. The Morgan fingerprint density at radius 2 is 2.47 bits per heavy atom. The predicted molar refractivity (Wildman–Crippen MR) is 58.8 cm³/mol. The summed E-state index contributed by atoms with van der Waals surface area (Å²) in [7, 11) is 1.80. The summed E-state index contributed by atoms with van der Waals surface area (Å²) in [4.78, 5) is 2.42. The number of hydrogen-bond acceptors (Lipinski definition) is 4. The van der Waals surface area contributed by atoms with Crippen molar-refractivity contribution in [2.45, 2.75) is 30.9 Å². The highest BCUT2D eigenvalue weighted by Crippen LogP contribution is 2.20. The van der Waals surface area contributed by atoms with E-state index in [1.807, 2.05) is 0 Å². The van der Waals surface area contributed by atoms with Crippen molar-refractivity contribution < 1.29 is 9.47 Å². The number of hydrogen-bond donors (Lipinski definition) is 1. The van der Waals surface area contributed by atoms with Crippen molar-refractivity contribution >= 4 is 0 Å². The largest absolute Gasteiger partial charge is 0.380 e. The van der Waals surface area contributed by atoms with Crippen LogP contribution in [0.1, 0.15) is 19.3 Å². The third kappa shape index (κ3) is 2.91. The summed E-state index contributed by atoms with van der Waals surface area (Å²) in [6.45, 7) is 4.65. The molecule has 2 saturated heterocycles. The van der Waals surface area contributed by atoms with Crippen LogP contribution in [0, 0.1) is 0 Å². The van der Waals surface area contributed by atoms with Crippen LogP contribution in [-0.4, -0.2) is 56.5 Å². The van der Waals surface area contributed by atoms with E-state index in [0.717, 1.165) is 32.7 Å². The maximum atomic E-state index is 6.27. The quantitative estimate of drug-likeness (QED) is 0.730. The molecule has 0 bridgehead atoms. The smallest absolute Gasteiger partial charge is 0.0698 e. The lowest BCUT2D eigenvalue weighted by Crippen LogP contribution is -2.53. The second-order valence-electron chi connectivity index (χ2n) is 4.90. The Hall–Kier alpha value is -0.160. The summed E-state index contributed by atoms with van der Waals surface area (Å²) in [6.07, 6.45) is 3.78. The van der Waals surface area contributed by atoms with Crippen molar-refractivity contribution in [3.05, 3.63) is 0 Å². The van der Waals surface area contributed by atoms with Gasteiger partial charge in [0.15, 0.2) is 0 Å². The second kappa shape index (κ2) is 4.78. The minimum atomic E-state index is -0.115. The molecule has 0 spiro atoms. The maximum Gasteiger partial charge on any atom is 0.0698 e. The highest BCUT2D eigenvalue weighted by Gasteiger charge is 2.33. The zero-order valence-electron chi connectivity index (χ0n) is 9.58. The van der Waals surface area contributed by atoms with E-state index in [2.05, 4.69) is 4.90 Å². The van der Waals surface area contributed by atoms with Crippen molar-refractivity contribution in [3.8, 4) is 0 Å². The third-order valence-electron chi connectivity index (χ3n) is 3.47. The average molecular weight is 214 g/mol. The van der Waals surface area contributed by atoms with Gasteiger partial charge in [0.1, 0.15) is 0 Å². The van der Waals surface area contributed by atoms with Gasteiger partial charge in [-0.1, -0.05) is 0 Å². The van der Waals surface area contributed by atoms with Gasteiger partial charge in [0.25, 0.3) is 0 Å². The van der Waals surface area contributed by atoms with Crippen LogP contribution in [0.2, 0.25) is 0 Å². The Morgan fingerprint density at radius 3 is 3.13 bits per heavy atom. The molecule has 2 rings (SSSR count). The van der Waals surface area contributed by atoms with Gasteiger partial charge in [-0.05, 0) is 25.8 Å². The number of rotatable bonds is 3. The molecule has 0 saturated carbocycles. The van der Waals surface area contributed by atoms with E-state index in [1.54, 1.807) is 7.11 Å². The number of piperidine rings is 1. The van der Waals surface area contributed by atoms with Crippen LogP contribution in [0.3, 0.4) is 0 Å². The number of methoxy groups -OCH3 is 1. The molecule has 2 unspecified atom stereocenters. The van der Waals surface area contributed by atoms with Crippen LogP contribution < -0.4 is 5.73 Å². The summed E-state index contributed by atoms with van der Waals surface area (Å²) in [6, 6.07) is 0. The molecule has 2 N–H and O–H groups in total. The van der Waals surface area contributed by atoms with Crippen LogP contribution in [0.5, 0.6) is 0 Å². The fourth-order valence-corrected chi connectivity index (χ4v) is 2.54. The normalized spacial score (nSPS) is 38.4. The zero-order chi connectivity index (χ0) is 10.7. The first-order chi connectivity index (χ1) is 7.22. The molecule has 0 aliphatic carbocycles. The van der Waals surface area contributed by atoms with Crippen molar-refractivity contribution in [2.24, 2.45) is 5.73 Å². The molecule has 4 nitrogen and oxygen atoms in total. The summed E-state index contributed by atoms with van der Waals surface area (Å²) in [5.41, 5.74) is 6.15. The molecule has 15 heavy (non-hydrogen) atoms. The minimum Gasteiger partial charge on any atom is -0.380 e. The topological polar surface area (TPSA) is 47.7 Å². The van der Waals surface area contributed by atoms with Gasteiger partial charge >= 0.3 is 0 Å². The number of nitrogens with zero attached hydrogens (tertiary/aromatic N) is 1. The monoisotopic (exact) mass is 214 g/mol. The van der Waals surface area contributed by atoms with Gasteiger partial charge < -0.3 is 15.2 Å². The van der Waals surface area contributed by atoms with Crippen LogP contribution in [0.4, 0.5) is 0 Å². The van der Waals surface area contributed by atoms with Crippen LogP contribution in [0.15, 0.2) is 0 Å². The fraction of sp³-hybridized carbons (Fsp3) is 1.00. The van der Waals surface area contributed by atoms with Crippen LogP contribution in [-0.2, 0) is 9.47 Å². The molecule has 2 aliphatic rings. The Kier molecular flexibility index (Phi) is 3.61. The third-order valence-corrected chi connectivity index (χ3v) is 3.47. The van der Waals surface area contributed by atoms with E-state index in [4.69, 9.17) is 15.2 Å². The van der Waals surface area contributed by atoms with E-state index < -0.39 is 0 Å². The van der Waals surface area contributed by atoms with Gasteiger partial charge in [-0.15, -0.1) is 0 Å². The molecule has 2 fully saturated rings. The zero-order valence-corrected chi connectivity index (χ0v) is 9.58. The SMILES string of the molecule is COC1CCCN(CC2(N)CCOC2)C1. The minimum absolute atomic E-state index is 0.115. The average Bonchev–Trinajstić information content (AvgIpc) is 2.65. The molecule has 88 valence electrons. The summed E-state index contributed by atoms with van der Waals surface area (Å²) >= 11 is 0. The number of ether oxygens (including phenoxy) is 2. The molecule has 0 aromatic heterocycles. The Balaban J connectivity index is 1.83. The first-order valence-corrected chi connectivity index (χ1v) is 5.84. The molecular formula is C11H22N2O2. The van der Waals surface area contributed by atoms with E-state index in [0.29, 0.717) is 12.7 Å². The lowest BCUT2D eigenvalue weighted by atomic mass is 9.97. The predicted octanol–water partition coefficient (Wildman–Crippen LogP) is 0.215. The summed E-state index contributed by atoms with van der Waals surface area (Å²) in [5, 5.41) is 0. The summed E-state index contributed by atoms with van der Waals surface area (Å²) in [5.74, 6) is 0. The molecule has 0 aromatic rings. The second-order valence-corrected chi connectivity index (χ2v) is 4.90. The molecule has 2 aliphatic heterocycles. The molecule has 0 radical (unpaired) electrons. The van der Waals surface area contributed by atoms with Crippen molar-refractivity contribution in [1.29, 1.82) is 0 Å². The molecular weight excluding hydrogens is 192 g/mol. The van der Waals surface area contributed by atoms with E-state index in [-0.39, 0.29) is 5.54 Å².